The summed E-state index contributed by atoms with van der Waals surface area (Å²) in [5, 5.41) is 11.2. The number of rotatable bonds is 3. The van der Waals surface area contributed by atoms with Crippen molar-refractivity contribution < 1.29 is 18.7 Å². The number of carboxylic acid groups (broad SMARTS) is 1. The Kier molecular flexibility index (Phi) is 3.41. The van der Waals surface area contributed by atoms with Crippen molar-refractivity contribution in [3.8, 4) is 0 Å². The summed E-state index contributed by atoms with van der Waals surface area (Å²) in [5.41, 5.74) is -0.285. The highest BCUT2D eigenvalue weighted by atomic mass is 19.1. The summed E-state index contributed by atoms with van der Waals surface area (Å²) in [5.74, 6) is -2.66. The second kappa shape index (κ2) is 5.01. The molecular weight excluding hydrogens is 254 g/mol. The zero-order valence-corrected chi connectivity index (χ0v) is 9.95. The molecule has 2 aromatic rings. The van der Waals surface area contributed by atoms with E-state index in [9.17, 15) is 13.6 Å². The molecule has 1 aromatic carbocycles. The van der Waals surface area contributed by atoms with Crippen molar-refractivity contribution in [3.63, 3.8) is 0 Å². The van der Waals surface area contributed by atoms with Crippen LogP contribution in [-0.4, -0.2) is 16.1 Å². The van der Waals surface area contributed by atoms with E-state index < -0.39 is 17.6 Å². The van der Waals surface area contributed by atoms with Gasteiger partial charge in [0.2, 0.25) is 0 Å². The quantitative estimate of drug-likeness (QED) is 0.894. The number of halogens is 2. The first-order valence-corrected chi connectivity index (χ1v) is 5.41. The summed E-state index contributed by atoms with van der Waals surface area (Å²) in [4.78, 5) is 14.5. The van der Waals surface area contributed by atoms with Gasteiger partial charge in [-0.1, -0.05) is 12.1 Å². The number of nitrogens with one attached hydrogen (secondary N) is 1. The second-order valence-electron chi connectivity index (χ2n) is 3.89. The molecule has 0 saturated heterocycles. The van der Waals surface area contributed by atoms with Crippen LogP contribution in [0.5, 0.6) is 0 Å². The van der Waals surface area contributed by atoms with Gasteiger partial charge in [0.1, 0.15) is 17.3 Å². The maximum atomic E-state index is 13.8. The van der Waals surface area contributed by atoms with Gasteiger partial charge >= 0.3 is 5.97 Å². The molecule has 0 radical (unpaired) electrons. The summed E-state index contributed by atoms with van der Waals surface area (Å²) in [6.07, 6.45) is 0. The van der Waals surface area contributed by atoms with Gasteiger partial charge in [0, 0.05) is 0 Å². The molecule has 6 heteroatoms. The van der Waals surface area contributed by atoms with E-state index in [1.165, 1.54) is 31.2 Å². The van der Waals surface area contributed by atoms with Crippen molar-refractivity contribution in [1.29, 1.82) is 0 Å². The fraction of sp³-hybridized carbons (Fsp3) is 0.0769. The predicted molar refractivity (Wildman–Crippen MR) is 65.6 cm³/mol. The molecule has 2 rings (SSSR count). The molecule has 1 aromatic heterocycles. The van der Waals surface area contributed by atoms with Gasteiger partial charge in [-0.2, -0.15) is 0 Å². The topological polar surface area (TPSA) is 62.2 Å². The molecule has 0 atom stereocenters. The molecule has 0 aliphatic heterocycles. The Hall–Kier alpha value is -2.50. The summed E-state index contributed by atoms with van der Waals surface area (Å²) >= 11 is 0. The SMILES string of the molecule is Cc1ccc(F)c(Nc2cccc(C(=O)O)n2)c1F. The van der Waals surface area contributed by atoms with E-state index in [1.54, 1.807) is 0 Å². The van der Waals surface area contributed by atoms with Gasteiger partial charge in [-0.25, -0.2) is 18.6 Å². The minimum atomic E-state index is -1.21. The minimum absolute atomic E-state index is 0.0586. The standard InChI is InChI=1S/C13H10F2N2O2/c1-7-5-6-8(14)12(11(7)15)17-10-4-2-3-9(16-10)13(18)19/h2-6H,1H3,(H,16,17)(H,18,19). The number of benzene rings is 1. The summed E-state index contributed by atoms with van der Waals surface area (Å²) in [6, 6.07) is 6.59. The van der Waals surface area contributed by atoms with Crippen molar-refractivity contribution in [2.45, 2.75) is 6.92 Å². The van der Waals surface area contributed by atoms with E-state index in [0.29, 0.717) is 0 Å². The van der Waals surface area contributed by atoms with E-state index in [1.807, 2.05) is 0 Å². The second-order valence-corrected chi connectivity index (χ2v) is 3.89. The fourth-order valence-corrected chi connectivity index (χ4v) is 1.52. The number of pyridine rings is 1. The molecule has 19 heavy (non-hydrogen) atoms. The third-order valence-electron chi connectivity index (χ3n) is 2.51. The number of aryl methyl sites for hydroxylation is 1. The number of hydrogen-bond acceptors (Lipinski definition) is 3. The van der Waals surface area contributed by atoms with Gasteiger partial charge in [-0.15, -0.1) is 0 Å². The number of carbonyl (C=O) groups is 1. The summed E-state index contributed by atoms with van der Waals surface area (Å²) < 4.78 is 27.3. The van der Waals surface area contributed by atoms with Crippen LogP contribution in [0.15, 0.2) is 30.3 Å². The van der Waals surface area contributed by atoms with Crippen LogP contribution in [0.1, 0.15) is 16.1 Å². The zero-order valence-electron chi connectivity index (χ0n) is 9.95. The number of nitrogens with zero attached hydrogens (tertiary/aromatic N) is 1. The Bertz CT molecular complexity index is 645. The van der Waals surface area contributed by atoms with Crippen molar-refractivity contribution in [3.05, 3.63) is 53.2 Å². The Balaban J connectivity index is 2.39. The predicted octanol–water partition coefficient (Wildman–Crippen LogP) is 3.11. The van der Waals surface area contributed by atoms with Gasteiger partial charge in [0.05, 0.1) is 0 Å². The number of hydrogen-bond donors (Lipinski definition) is 2. The highest BCUT2D eigenvalue weighted by molar-refractivity contribution is 5.85. The number of carboxylic acids is 1. The lowest BCUT2D eigenvalue weighted by molar-refractivity contribution is 0.0690. The van der Waals surface area contributed by atoms with E-state index in [2.05, 4.69) is 10.3 Å². The maximum absolute atomic E-state index is 13.8. The first-order valence-electron chi connectivity index (χ1n) is 5.41. The van der Waals surface area contributed by atoms with Crippen LogP contribution in [0.4, 0.5) is 20.3 Å². The lowest BCUT2D eigenvalue weighted by Gasteiger charge is -2.09. The Morgan fingerprint density at radius 2 is 2.00 bits per heavy atom. The van der Waals surface area contributed by atoms with Gasteiger partial charge in [-0.3, -0.25) is 0 Å². The third-order valence-corrected chi connectivity index (χ3v) is 2.51. The van der Waals surface area contributed by atoms with E-state index >= 15 is 0 Å². The Morgan fingerprint density at radius 3 is 2.68 bits per heavy atom. The molecule has 0 aliphatic rings. The van der Waals surface area contributed by atoms with Crippen molar-refractivity contribution in [1.82, 2.24) is 4.98 Å². The van der Waals surface area contributed by atoms with Gasteiger partial charge < -0.3 is 10.4 Å². The minimum Gasteiger partial charge on any atom is -0.477 e. The summed E-state index contributed by atoms with van der Waals surface area (Å²) in [6.45, 7) is 1.50. The average molecular weight is 264 g/mol. The molecule has 0 spiro atoms. The average Bonchev–Trinajstić information content (AvgIpc) is 2.39. The molecule has 0 saturated carbocycles. The van der Waals surface area contributed by atoms with Crippen LogP contribution in [0.2, 0.25) is 0 Å². The van der Waals surface area contributed by atoms with Crippen molar-refractivity contribution >= 4 is 17.5 Å². The lowest BCUT2D eigenvalue weighted by Crippen LogP contribution is -2.05. The molecule has 0 bridgehead atoms. The molecule has 0 unspecified atom stereocenters. The fourth-order valence-electron chi connectivity index (χ4n) is 1.52. The molecule has 0 fully saturated rings. The van der Waals surface area contributed by atoms with Crippen LogP contribution in [0, 0.1) is 18.6 Å². The molecule has 2 N–H and O–H groups in total. The van der Waals surface area contributed by atoms with E-state index in [-0.39, 0.29) is 22.8 Å². The Labute approximate surface area is 107 Å². The molecule has 0 aliphatic carbocycles. The van der Waals surface area contributed by atoms with Crippen LogP contribution in [0.3, 0.4) is 0 Å². The largest absolute Gasteiger partial charge is 0.477 e. The summed E-state index contributed by atoms with van der Waals surface area (Å²) in [7, 11) is 0. The van der Waals surface area contributed by atoms with Crippen LogP contribution in [-0.2, 0) is 0 Å². The van der Waals surface area contributed by atoms with Crippen LogP contribution < -0.4 is 5.32 Å². The molecule has 1 heterocycles. The molecular formula is C13H10F2N2O2. The molecule has 98 valence electrons. The van der Waals surface area contributed by atoms with Crippen LogP contribution in [0.25, 0.3) is 0 Å². The van der Waals surface area contributed by atoms with E-state index in [4.69, 9.17) is 5.11 Å². The number of aromatic nitrogens is 1. The highest BCUT2D eigenvalue weighted by Gasteiger charge is 2.13. The number of aromatic carboxylic acids is 1. The van der Waals surface area contributed by atoms with Crippen molar-refractivity contribution in [2.24, 2.45) is 0 Å². The monoisotopic (exact) mass is 264 g/mol. The molecule has 4 nitrogen and oxygen atoms in total. The van der Waals surface area contributed by atoms with Crippen molar-refractivity contribution in [2.75, 3.05) is 5.32 Å². The number of anilines is 2. The zero-order chi connectivity index (χ0) is 14.0. The Morgan fingerprint density at radius 1 is 1.26 bits per heavy atom. The smallest absolute Gasteiger partial charge is 0.354 e. The lowest BCUT2D eigenvalue weighted by atomic mass is 10.2. The van der Waals surface area contributed by atoms with Gasteiger partial charge in [0.15, 0.2) is 11.5 Å². The normalized spacial score (nSPS) is 10.3. The van der Waals surface area contributed by atoms with Crippen LogP contribution >= 0.6 is 0 Å². The first kappa shape index (κ1) is 12.9. The first-order chi connectivity index (χ1) is 8.99. The maximum Gasteiger partial charge on any atom is 0.354 e. The third kappa shape index (κ3) is 2.67. The van der Waals surface area contributed by atoms with E-state index in [0.717, 1.165) is 6.07 Å². The van der Waals surface area contributed by atoms with Gasteiger partial charge in [0.25, 0.3) is 0 Å². The molecule has 0 amide bonds. The van der Waals surface area contributed by atoms with Gasteiger partial charge in [-0.05, 0) is 30.7 Å². The highest BCUT2D eigenvalue weighted by Crippen LogP contribution is 2.24.